The van der Waals surface area contributed by atoms with Gasteiger partial charge in [0, 0.05) is 16.6 Å². The normalized spacial score (nSPS) is 10.3. The molecule has 24 heavy (non-hydrogen) atoms. The van der Waals surface area contributed by atoms with E-state index in [-0.39, 0.29) is 18.1 Å². The van der Waals surface area contributed by atoms with Crippen molar-refractivity contribution in [2.75, 3.05) is 17.6 Å². The molecule has 2 N–H and O–H groups in total. The molecule has 2 amide bonds. The summed E-state index contributed by atoms with van der Waals surface area (Å²) in [4.78, 5) is 24.8. The molecule has 0 unspecified atom stereocenters. The van der Waals surface area contributed by atoms with Crippen LogP contribution in [-0.4, -0.2) is 24.1 Å². The van der Waals surface area contributed by atoms with Crippen LogP contribution in [0.5, 0.6) is 0 Å². The van der Waals surface area contributed by atoms with Crippen molar-refractivity contribution in [3.05, 3.63) is 59.7 Å². The molecule has 4 nitrogen and oxygen atoms in total. The van der Waals surface area contributed by atoms with Crippen molar-refractivity contribution in [3.63, 3.8) is 0 Å². The number of amides is 2. The second kappa shape index (κ2) is 8.44. The monoisotopic (exact) mass is 350 g/mol. The van der Waals surface area contributed by atoms with E-state index in [0.717, 1.165) is 22.8 Å². The van der Waals surface area contributed by atoms with Gasteiger partial charge in [-0.3, -0.25) is 9.59 Å². The molecule has 0 saturated carbocycles. The van der Waals surface area contributed by atoms with E-state index in [9.17, 15) is 18.4 Å². The van der Waals surface area contributed by atoms with E-state index in [1.54, 1.807) is 12.1 Å². The Morgan fingerprint density at radius 1 is 1.08 bits per heavy atom. The highest BCUT2D eigenvalue weighted by molar-refractivity contribution is 7.99. The van der Waals surface area contributed by atoms with E-state index in [1.807, 2.05) is 19.1 Å². The van der Waals surface area contributed by atoms with Crippen molar-refractivity contribution >= 4 is 29.3 Å². The van der Waals surface area contributed by atoms with Gasteiger partial charge in [0.25, 0.3) is 5.91 Å². The van der Waals surface area contributed by atoms with E-state index in [4.69, 9.17) is 0 Å². The first kappa shape index (κ1) is 17.9. The van der Waals surface area contributed by atoms with E-state index in [1.165, 1.54) is 17.8 Å². The Labute approximate surface area is 142 Å². The number of benzene rings is 2. The molecule has 0 radical (unpaired) electrons. The third-order valence-corrected chi connectivity index (χ3v) is 4.00. The fourth-order valence-electron chi connectivity index (χ4n) is 1.97. The minimum atomic E-state index is -1.05. The van der Waals surface area contributed by atoms with Crippen molar-refractivity contribution in [2.45, 2.75) is 11.8 Å². The smallest absolute Gasteiger partial charge is 0.252 e. The summed E-state index contributed by atoms with van der Waals surface area (Å²) in [6.07, 6.45) is 0. The van der Waals surface area contributed by atoms with E-state index >= 15 is 0 Å². The maximum Gasteiger partial charge on any atom is 0.252 e. The summed E-state index contributed by atoms with van der Waals surface area (Å²) in [6, 6.07) is 10.1. The standard InChI is InChI=1S/C17H16F2N2O2S/c1-2-24-15-6-4-3-5-12(15)17(23)20-10-16(22)21-11-7-8-13(18)14(19)9-11/h3-9H,2,10H2,1H3,(H,20,23)(H,21,22). The topological polar surface area (TPSA) is 58.2 Å². The molecular weight excluding hydrogens is 334 g/mol. The van der Waals surface area contributed by atoms with Gasteiger partial charge in [-0.2, -0.15) is 0 Å². The SMILES string of the molecule is CCSc1ccccc1C(=O)NCC(=O)Nc1ccc(F)c(F)c1. The van der Waals surface area contributed by atoms with Crippen LogP contribution in [0.25, 0.3) is 0 Å². The Bertz CT molecular complexity index is 753. The molecule has 0 fully saturated rings. The summed E-state index contributed by atoms with van der Waals surface area (Å²) in [5.41, 5.74) is 0.611. The maximum absolute atomic E-state index is 13.1. The molecule has 0 aliphatic heterocycles. The van der Waals surface area contributed by atoms with Gasteiger partial charge < -0.3 is 10.6 Å². The van der Waals surface area contributed by atoms with Gasteiger partial charge in [0.2, 0.25) is 5.91 Å². The highest BCUT2D eigenvalue weighted by Gasteiger charge is 2.12. The Balaban J connectivity index is 1.94. The molecule has 0 aliphatic rings. The number of thioether (sulfide) groups is 1. The fourth-order valence-corrected chi connectivity index (χ4v) is 2.77. The lowest BCUT2D eigenvalue weighted by atomic mass is 10.2. The van der Waals surface area contributed by atoms with E-state index < -0.39 is 17.5 Å². The number of hydrogen-bond acceptors (Lipinski definition) is 3. The predicted molar refractivity (Wildman–Crippen MR) is 90.2 cm³/mol. The molecule has 0 spiro atoms. The van der Waals surface area contributed by atoms with E-state index in [2.05, 4.69) is 10.6 Å². The third-order valence-electron chi connectivity index (χ3n) is 3.04. The third kappa shape index (κ3) is 4.79. The first-order valence-electron chi connectivity index (χ1n) is 7.26. The van der Waals surface area contributed by atoms with Crippen LogP contribution in [0.3, 0.4) is 0 Å². The number of rotatable bonds is 6. The van der Waals surface area contributed by atoms with Crippen LogP contribution in [-0.2, 0) is 4.79 Å². The fraction of sp³-hybridized carbons (Fsp3) is 0.176. The summed E-state index contributed by atoms with van der Waals surface area (Å²) in [7, 11) is 0. The lowest BCUT2D eigenvalue weighted by molar-refractivity contribution is -0.115. The lowest BCUT2D eigenvalue weighted by Gasteiger charge is -2.10. The van der Waals surface area contributed by atoms with Gasteiger partial charge in [0.05, 0.1) is 12.1 Å². The molecule has 126 valence electrons. The first-order valence-corrected chi connectivity index (χ1v) is 8.24. The number of carbonyl (C=O) groups excluding carboxylic acids is 2. The largest absolute Gasteiger partial charge is 0.343 e. The quantitative estimate of drug-likeness (QED) is 0.785. The van der Waals surface area contributed by atoms with Gasteiger partial charge in [-0.15, -0.1) is 11.8 Å². The van der Waals surface area contributed by atoms with E-state index in [0.29, 0.717) is 5.56 Å². The zero-order chi connectivity index (χ0) is 17.5. The molecule has 7 heteroatoms. The minimum absolute atomic E-state index is 0.120. The van der Waals surface area contributed by atoms with Crippen LogP contribution in [0.15, 0.2) is 47.4 Å². The number of anilines is 1. The Morgan fingerprint density at radius 3 is 2.54 bits per heavy atom. The zero-order valence-electron chi connectivity index (χ0n) is 12.9. The average Bonchev–Trinajstić information content (AvgIpc) is 2.57. The van der Waals surface area contributed by atoms with Gasteiger partial charge in [-0.05, 0) is 30.0 Å². The summed E-state index contributed by atoms with van der Waals surface area (Å²) >= 11 is 1.53. The Morgan fingerprint density at radius 2 is 1.83 bits per heavy atom. The molecule has 0 atom stereocenters. The Hall–Kier alpha value is -2.41. The Kier molecular flexibility index (Phi) is 6.31. The van der Waals surface area contributed by atoms with Crippen molar-refractivity contribution in [2.24, 2.45) is 0 Å². The number of nitrogens with one attached hydrogen (secondary N) is 2. The van der Waals surface area contributed by atoms with Gasteiger partial charge in [0.15, 0.2) is 11.6 Å². The van der Waals surface area contributed by atoms with Crippen molar-refractivity contribution in [3.8, 4) is 0 Å². The summed E-state index contributed by atoms with van der Waals surface area (Å²) in [5, 5.41) is 4.90. The number of hydrogen-bond donors (Lipinski definition) is 2. The van der Waals surface area contributed by atoms with Crippen molar-refractivity contribution < 1.29 is 18.4 Å². The van der Waals surface area contributed by atoms with Crippen LogP contribution >= 0.6 is 11.8 Å². The van der Waals surface area contributed by atoms with Gasteiger partial charge >= 0.3 is 0 Å². The van der Waals surface area contributed by atoms with Gasteiger partial charge in [-0.1, -0.05) is 19.1 Å². The van der Waals surface area contributed by atoms with Crippen LogP contribution < -0.4 is 10.6 Å². The zero-order valence-corrected chi connectivity index (χ0v) is 13.8. The average molecular weight is 350 g/mol. The minimum Gasteiger partial charge on any atom is -0.343 e. The number of halogens is 2. The lowest BCUT2D eigenvalue weighted by Crippen LogP contribution is -2.33. The molecule has 0 aliphatic carbocycles. The molecule has 2 rings (SSSR count). The van der Waals surface area contributed by atoms with Gasteiger partial charge in [-0.25, -0.2) is 8.78 Å². The second-order valence-corrected chi connectivity index (χ2v) is 6.09. The molecule has 0 aromatic heterocycles. The summed E-state index contributed by atoms with van der Waals surface area (Å²) in [6.45, 7) is 1.71. The van der Waals surface area contributed by atoms with Crippen molar-refractivity contribution in [1.29, 1.82) is 0 Å². The highest BCUT2D eigenvalue weighted by Crippen LogP contribution is 2.22. The maximum atomic E-state index is 13.1. The molecule has 2 aromatic carbocycles. The highest BCUT2D eigenvalue weighted by atomic mass is 32.2. The second-order valence-electron chi connectivity index (χ2n) is 4.79. The molecular formula is C17H16F2N2O2S. The number of carbonyl (C=O) groups is 2. The molecule has 0 heterocycles. The van der Waals surface area contributed by atoms with Crippen LogP contribution in [0, 0.1) is 11.6 Å². The first-order chi connectivity index (χ1) is 11.5. The van der Waals surface area contributed by atoms with Crippen LogP contribution in [0.4, 0.5) is 14.5 Å². The molecule has 0 bridgehead atoms. The predicted octanol–water partition coefficient (Wildman–Crippen LogP) is 3.45. The van der Waals surface area contributed by atoms with Gasteiger partial charge in [0.1, 0.15) is 0 Å². The molecule has 0 saturated heterocycles. The van der Waals surface area contributed by atoms with Crippen molar-refractivity contribution in [1.82, 2.24) is 5.32 Å². The van der Waals surface area contributed by atoms with Crippen LogP contribution in [0.1, 0.15) is 17.3 Å². The molecule has 2 aromatic rings. The van der Waals surface area contributed by atoms with Crippen LogP contribution in [0.2, 0.25) is 0 Å². The summed E-state index contributed by atoms with van der Waals surface area (Å²) < 4.78 is 25.9. The summed E-state index contributed by atoms with van der Waals surface area (Å²) in [5.74, 6) is -2.13.